The Labute approximate surface area is 522 Å². The summed E-state index contributed by atoms with van der Waals surface area (Å²) in [6.07, 6.45) is 0. The van der Waals surface area contributed by atoms with Crippen molar-refractivity contribution in [2.45, 2.75) is 0 Å². The second-order valence-electron chi connectivity index (χ2n) is 22.3. The largest absolute Gasteiger partial charge is 0.278 e. The van der Waals surface area contributed by atoms with E-state index in [9.17, 15) is 4.11 Å². The van der Waals surface area contributed by atoms with E-state index in [0.717, 1.165) is 26.7 Å². The van der Waals surface area contributed by atoms with E-state index in [1.807, 2.05) is 28.8 Å². The molecule has 0 aliphatic rings. The molecule has 15 rings (SSSR count). The summed E-state index contributed by atoms with van der Waals surface area (Å²) in [5, 5.41) is 15.4. The van der Waals surface area contributed by atoms with Crippen LogP contribution in [0.25, 0.3) is 50.5 Å². The fraction of sp³-hybridized carbons (Fsp3) is 0. The molecule has 0 aliphatic carbocycles. The highest BCUT2D eigenvalue weighted by atomic mass is 28.3. The van der Waals surface area contributed by atoms with Gasteiger partial charge in [0.1, 0.15) is 0 Å². The number of hydrogen-bond acceptors (Lipinski definition) is 3. The lowest BCUT2D eigenvalue weighted by Crippen LogP contribution is -2.78. The molecule has 0 spiro atoms. The number of benzene rings is 13. The van der Waals surface area contributed by atoms with E-state index in [1.165, 1.54) is 46.7 Å². The summed E-state index contributed by atoms with van der Waals surface area (Å²) in [7, 11) is -9.87. The molecule has 0 fully saturated rings. The van der Waals surface area contributed by atoms with Crippen LogP contribution in [0.3, 0.4) is 0 Å². The minimum Gasteiger partial charge on any atom is -0.278 e. The van der Waals surface area contributed by atoms with Crippen LogP contribution in [0, 0.1) is 0 Å². The van der Waals surface area contributed by atoms with Crippen LogP contribution in [0.4, 0.5) is 0 Å². The van der Waals surface area contributed by atoms with Gasteiger partial charge in [-0.25, -0.2) is 4.98 Å². The summed E-state index contributed by atoms with van der Waals surface area (Å²) in [5.74, 6) is 1.02. The number of para-hydroxylation sites is 2. The zero-order valence-electron chi connectivity index (χ0n) is 52.1. The molecule has 2 aromatic heterocycles. The second-order valence-corrected chi connectivity index (χ2v) is 33.7. The predicted molar refractivity (Wildman–Crippen MR) is 376 cm³/mol. The Kier molecular flexibility index (Phi) is 13.1. The second kappa shape index (κ2) is 23.3. The topological polar surface area (TPSA) is 43.6 Å². The zero-order valence-corrected chi connectivity index (χ0v) is 51.1. The zero-order chi connectivity index (χ0) is 62.2. The summed E-state index contributed by atoms with van der Waals surface area (Å²) in [6.45, 7) is 0. The standard InChI is InChI=1S/C81H60N4Si3/c1-10-34-63(35-11-1)86(64-36-12-2-13-37-64,65-38-14-3-15-39-65)72-52-32-33-61(57-72)79-82-80(84-81(83-79)85-77-55-30-28-53-75(77)76-54-29-31-56-78(76)85)62-58-73(87(66-40-16-4-17-41-66,67-42-18-5-19-43-67)68-44-20-6-21-45-68)60-74(59-62)88(69-46-22-7-23-47-69,70-48-24-8-25-49-70)71-50-26-9-27-51-71/h1-60H/i28D,30D,53D,55D. The van der Waals surface area contributed by atoms with Crippen molar-refractivity contribution >= 4 is 108 Å². The Morgan fingerprint density at radius 3 is 0.932 bits per heavy atom. The molecule has 0 saturated heterocycles. The van der Waals surface area contributed by atoms with Crippen LogP contribution in [0.1, 0.15) is 5.48 Å². The van der Waals surface area contributed by atoms with Gasteiger partial charge in [-0.05, 0) is 74.3 Å². The van der Waals surface area contributed by atoms with E-state index >= 15 is 0 Å². The van der Waals surface area contributed by atoms with Gasteiger partial charge in [0, 0.05) is 21.9 Å². The maximum Gasteiger partial charge on any atom is 0.238 e. The fourth-order valence-electron chi connectivity index (χ4n) is 13.9. The predicted octanol–water partition coefficient (Wildman–Crippen LogP) is 10.4. The first-order valence-electron chi connectivity index (χ1n) is 31.8. The van der Waals surface area contributed by atoms with Crippen LogP contribution >= 0.6 is 0 Å². The maximum atomic E-state index is 9.74. The summed E-state index contributed by atoms with van der Waals surface area (Å²) < 4.78 is 39.2. The van der Waals surface area contributed by atoms with Gasteiger partial charge in [-0.15, -0.1) is 0 Å². The van der Waals surface area contributed by atoms with Gasteiger partial charge in [0.05, 0.1) is 16.5 Å². The van der Waals surface area contributed by atoms with Gasteiger partial charge in [0.15, 0.2) is 35.9 Å². The van der Waals surface area contributed by atoms with Crippen molar-refractivity contribution in [2.24, 2.45) is 0 Å². The summed E-state index contributed by atoms with van der Waals surface area (Å²) in [6, 6.07) is 121. The van der Waals surface area contributed by atoms with E-state index in [2.05, 4.69) is 315 Å². The van der Waals surface area contributed by atoms with Crippen molar-refractivity contribution in [2.75, 3.05) is 0 Å². The average Bonchev–Trinajstić information content (AvgIpc) is 0.980. The molecule has 0 N–H and O–H groups in total. The molecule has 2 heterocycles. The Bertz CT molecular complexity index is 4700. The molecule has 13 aromatic carbocycles. The molecule has 0 bridgehead atoms. The number of nitrogens with zero attached hydrogens (tertiary/aromatic N) is 4. The molecule has 416 valence electrons. The maximum absolute atomic E-state index is 9.74. The Morgan fingerprint density at radius 1 is 0.239 bits per heavy atom. The van der Waals surface area contributed by atoms with Crippen LogP contribution in [0.15, 0.2) is 364 Å². The normalized spacial score (nSPS) is 12.5. The van der Waals surface area contributed by atoms with Crippen molar-refractivity contribution in [3.05, 3.63) is 364 Å². The van der Waals surface area contributed by atoms with Gasteiger partial charge in [-0.2, -0.15) is 9.97 Å². The first-order valence-corrected chi connectivity index (χ1v) is 35.8. The quantitative estimate of drug-likeness (QED) is 0.0759. The fourth-order valence-corrected chi connectivity index (χ4v) is 28.5. The summed E-state index contributed by atoms with van der Waals surface area (Å²) >= 11 is 0. The summed E-state index contributed by atoms with van der Waals surface area (Å²) in [4.78, 5) is 17.1. The average molecular weight is 1180 g/mol. The Balaban J connectivity index is 1.11. The third-order valence-corrected chi connectivity index (χ3v) is 31.9. The molecule has 7 heteroatoms. The lowest BCUT2D eigenvalue weighted by molar-refractivity contribution is 0.954. The van der Waals surface area contributed by atoms with Crippen molar-refractivity contribution in [1.82, 2.24) is 19.5 Å². The van der Waals surface area contributed by atoms with Crippen LogP contribution in [0.2, 0.25) is 0 Å². The van der Waals surface area contributed by atoms with Crippen molar-refractivity contribution in [3.8, 4) is 28.7 Å². The van der Waals surface area contributed by atoms with Gasteiger partial charge in [-0.3, -0.25) is 4.57 Å². The van der Waals surface area contributed by atoms with Crippen LogP contribution in [-0.2, 0) is 0 Å². The monoisotopic (exact) mass is 1180 g/mol. The number of aromatic nitrogens is 4. The van der Waals surface area contributed by atoms with Gasteiger partial charge in [-0.1, -0.05) is 352 Å². The highest BCUT2D eigenvalue weighted by Crippen LogP contribution is 2.33. The van der Waals surface area contributed by atoms with Crippen molar-refractivity contribution < 1.29 is 5.48 Å². The van der Waals surface area contributed by atoms with E-state index < -0.39 is 24.2 Å². The van der Waals surface area contributed by atoms with Gasteiger partial charge < -0.3 is 0 Å². The lowest BCUT2D eigenvalue weighted by Gasteiger charge is -2.38. The molecule has 0 atom stereocenters. The SMILES string of the molecule is [2H]c1c([2H])c([2H])c2c(c1[2H])c1ccccc1n2-c1nc(-c2cccc([Si](c3ccccc3)(c3ccccc3)c3ccccc3)c2)nc(-c2cc([Si](c3ccccc3)(c3ccccc3)c3ccccc3)cc([Si](c3ccccc3)(c3ccccc3)c3ccccc3)c2)n1. The molecule has 15 aromatic rings. The van der Waals surface area contributed by atoms with Gasteiger partial charge in [0.25, 0.3) is 0 Å². The van der Waals surface area contributed by atoms with Gasteiger partial charge in [0.2, 0.25) is 5.95 Å². The molecule has 0 aliphatic heterocycles. The van der Waals surface area contributed by atoms with E-state index in [1.54, 1.807) is 0 Å². The minimum atomic E-state index is -3.38. The Morgan fingerprint density at radius 2 is 0.545 bits per heavy atom. The van der Waals surface area contributed by atoms with Crippen LogP contribution < -0.4 is 62.2 Å². The molecule has 88 heavy (non-hydrogen) atoms. The smallest absolute Gasteiger partial charge is 0.238 e. The lowest BCUT2D eigenvalue weighted by atomic mass is 10.2. The third kappa shape index (κ3) is 9.14. The van der Waals surface area contributed by atoms with E-state index in [-0.39, 0.29) is 35.6 Å². The van der Waals surface area contributed by atoms with E-state index in [0.29, 0.717) is 27.9 Å². The molecule has 0 radical (unpaired) electrons. The molecular weight excluding hydrogens is 1110 g/mol. The Hall–Kier alpha value is -10.7. The molecule has 0 saturated carbocycles. The van der Waals surface area contributed by atoms with Crippen LogP contribution in [0.5, 0.6) is 0 Å². The van der Waals surface area contributed by atoms with Gasteiger partial charge >= 0.3 is 0 Å². The molecule has 4 nitrogen and oxygen atoms in total. The molecule has 0 amide bonds. The number of rotatable bonds is 15. The molecule has 0 unspecified atom stereocenters. The highest BCUT2D eigenvalue weighted by molar-refractivity contribution is 7.22. The summed E-state index contributed by atoms with van der Waals surface area (Å²) in [5.41, 5.74) is 2.44. The third-order valence-electron chi connectivity index (χ3n) is 17.6. The minimum absolute atomic E-state index is 0.132. The van der Waals surface area contributed by atoms with E-state index in [4.69, 9.17) is 16.3 Å². The molecular formula is C81H60N4Si3. The first kappa shape index (κ1) is 49.6. The highest BCUT2D eigenvalue weighted by Gasteiger charge is 2.47. The van der Waals surface area contributed by atoms with Crippen LogP contribution in [-0.4, -0.2) is 43.7 Å². The van der Waals surface area contributed by atoms with Crippen molar-refractivity contribution in [3.63, 3.8) is 0 Å². The van der Waals surface area contributed by atoms with Crippen molar-refractivity contribution in [1.29, 1.82) is 0 Å². The number of hydrogen-bond donors (Lipinski definition) is 0. The first-order chi connectivity index (χ1) is 45.3. The number of fused-ring (bicyclic) bond motifs is 3.